The molecule has 0 aromatic carbocycles. The largest absolute Gasteiger partial charge is 0.353 e. The predicted octanol–water partition coefficient (Wildman–Crippen LogP) is -0.762. The Kier molecular flexibility index (Phi) is 6.26. The van der Waals surface area contributed by atoms with Crippen molar-refractivity contribution in [2.45, 2.75) is 26.8 Å². The van der Waals surface area contributed by atoms with Crippen LogP contribution in [0.1, 0.15) is 20.8 Å². The highest BCUT2D eigenvalue weighted by Gasteiger charge is 2.06. The Morgan fingerprint density at radius 3 is 2.47 bits per heavy atom. The number of guanidine groups is 1. The van der Waals surface area contributed by atoms with E-state index in [0.717, 1.165) is 0 Å². The summed E-state index contributed by atoms with van der Waals surface area (Å²) >= 11 is 0. The number of rotatable bonds is 5. The minimum absolute atomic E-state index is 0.0501. The summed E-state index contributed by atoms with van der Waals surface area (Å²) in [6.45, 7) is 5.72. The van der Waals surface area contributed by atoms with E-state index in [-0.39, 0.29) is 24.1 Å². The molecule has 0 heterocycles. The lowest BCUT2D eigenvalue weighted by molar-refractivity contribution is 0.597. The van der Waals surface area contributed by atoms with Crippen LogP contribution >= 0.6 is 0 Å². The highest BCUT2D eigenvalue weighted by atomic mass is 32.2. The van der Waals surface area contributed by atoms with Gasteiger partial charge < -0.3 is 5.32 Å². The molecule has 0 radical (unpaired) electrons. The normalized spacial score (nSPS) is 13.0. The van der Waals surface area contributed by atoms with Gasteiger partial charge in [-0.2, -0.15) is 0 Å². The van der Waals surface area contributed by atoms with E-state index in [4.69, 9.17) is 5.84 Å². The number of hydrogen-bond acceptors (Lipinski definition) is 4. The first-order valence-corrected chi connectivity index (χ1v) is 6.71. The van der Waals surface area contributed by atoms with Crippen molar-refractivity contribution in [1.29, 1.82) is 0 Å². The second kappa shape index (κ2) is 6.62. The van der Waals surface area contributed by atoms with Crippen molar-refractivity contribution < 1.29 is 8.42 Å². The van der Waals surface area contributed by atoms with E-state index in [9.17, 15) is 8.42 Å². The minimum Gasteiger partial charge on any atom is -0.353 e. The standard InChI is InChI=1S/C8H20N4O2S/c1-4-15(13,14)6-5-10-8(12-9)11-7(2)3/h7H,4-6,9H2,1-3H3,(H2,10,11,12). The third kappa shape index (κ3) is 7.15. The SMILES string of the molecule is CCS(=O)(=O)CCN=C(NN)NC(C)C. The molecule has 6 nitrogen and oxygen atoms in total. The molecule has 0 aromatic rings. The molecular weight excluding hydrogens is 216 g/mol. The third-order valence-electron chi connectivity index (χ3n) is 1.67. The Balaban J connectivity index is 4.13. The van der Waals surface area contributed by atoms with Gasteiger partial charge in [0.2, 0.25) is 5.96 Å². The Labute approximate surface area is 91.2 Å². The van der Waals surface area contributed by atoms with Crippen LogP contribution in [0.15, 0.2) is 4.99 Å². The van der Waals surface area contributed by atoms with Crippen molar-refractivity contribution >= 4 is 15.8 Å². The van der Waals surface area contributed by atoms with Gasteiger partial charge in [-0.05, 0) is 13.8 Å². The van der Waals surface area contributed by atoms with Crippen molar-refractivity contribution in [3.8, 4) is 0 Å². The number of nitrogens with one attached hydrogen (secondary N) is 2. The molecule has 0 aliphatic heterocycles. The molecule has 15 heavy (non-hydrogen) atoms. The zero-order valence-electron chi connectivity index (χ0n) is 9.45. The molecule has 0 saturated carbocycles. The van der Waals surface area contributed by atoms with Crippen LogP contribution in [0, 0.1) is 0 Å². The van der Waals surface area contributed by atoms with E-state index in [1.165, 1.54) is 0 Å². The third-order valence-corrected chi connectivity index (χ3v) is 3.36. The zero-order valence-corrected chi connectivity index (χ0v) is 10.3. The van der Waals surface area contributed by atoms with E-state index in [1.807, 2.05) is 13.8 Å². The van der Waals surface area contributed by atoms with Crippen molar-refractivity contribution in [1.82, 2.24) is 10.7 Å². The molecule has 0 rings (SSSR count). The Bertz CT molecular complexity index is 298. The lowest BCUT2D eigenvalue weighted by Crippen LogP contribution is -2.44. The monoisotopic (exact) mass is 236 g/mol. The predicted molar refractivity (Wildman–Crippen MR) is 62.2 cm³/mol. The van der Waals surface area contributed by atoms with Crippen LogP contribution in [0.5, 0.6) is 0 Å². The van der Waals surface area contributed by atoms with Gasteiger partial charge in [-0.15, -0.1) is 0 Å². The molecular formula is C8H20N4O2S. The molecule has 0 unspecified atom stereocenters. The molecule has 7 heteroatoms. The van der Waals surface area contributed by atoms with E-state index < -0.39 is 9.84 Å². The summed E-state index contributed by atoms with van der Waals surface area (Å²) in [4.78, 5) is 4.01. The van der Waals surface area contributed by atoms with Gasteiger partial charge >= 0.3 is 0 Å². The second-order valence-electron chi connectivity index (χ2n) is 3.41. The fraction of sp³-hybridized carbons (Fsp3) is 0.875. The molecule has 0 aromatic heterocycles. The molecule has 0 atom stereocenters. The van der Waals surface area contributed by atoms with Gasteiger partial charge in [-0.3, -0.25) is 10.4 Å². The fourth-order valence-electron chi connectivity index (χ4n) is 0.847. The van der Waals surface area contributed by atoms with Crippen molar-refractivity contribution in [2.24, 2.45) is 10.8 Å². The van der Waals surface area contributed by atoms with Gasteiger partial charge in [0, 0.05) is 11.8 Å². The first-order chi connectivity index (χ1) is 6.91. The van der Waals surface area contributed by atoms with Crippen LogP contribution in [0.3, 0.4) is 0 Å². The summed E-state index contributed by atoms with van der Waals surface area (Å²) < 4.78 is 22.3. The molecule has 0 aliphatic carbocycles. The number of aliphatic imine (C=N–C) groups is 1. The van der Waals surface area contributed by atoms with Crippen molar-refractivity contribution in [3.63, 3.8) is 0 Å². The van der Waals surface area contributed by atoms with Crippen LogP contribution in [0.2, 0.25) is 0 Å². The molecule has 0 spiro atoms. The maximum atomic E-state index is 11.2. The van der Waals surface area contributed by atoms with Crippen molar-refractivity contribution in [3.05, 3.63) is 0 Å². The van der Waals surface area contributed by atoms with E-state index >= 15 is 0 Å². The minimum atomic E-state index is -2.96. The summed E-state index contributed by atoms with van der Waals surface area (Å²) in [5.74, 6) is 5.82. The summed E-state index contributed by atoms with van der Waals surface area (Å²) in [5, 5.41) is 2.95. The van der Waals surface area contributed by atoms with E-state index in [2.05, 4.69) is 15.7 Å². The average Bonchev–Trinajstić information content (AvgIpc) is 2.15. The lowest BCUT2D eigenvalue weighted by atomic mass is 10.4. The molecule has 0 amide bonds. The van der Waals surface area contributed by atoms with Crippen LogP contribution in [0.25, 0.3) is 0 Å². The van der Waals surface area contributed by atoms with Crippen LogP contribution in [-0.4, -0.2) is 38.5 Å². The number of hydrazine groups is 1. The molecule has 0 fully saturated rings. The number of nitrogens with two attached hydrogens (primary N) is 1. The molecule has 0 bridgehead atoms. The maximum absolute atomic E-state index is 11.2. The van der Waals surface area contributed by atoms with Gasteiger partial charge in [0.25, 0.3) is 0 Å². The summed E-state index contributed by atoms with van der Waals surface area (Å²) in [6.07, 6.45) is 0. The molecule has 90 valence electrons. The highest BCUT2D eigenvalue weighted by Crippen LogP contribution is 1.89. The van der Waals surface area contributed by atoms with Gasteiger partial charge in [-0.25, -0.2) is 14.3 Å². The van der Waals surface area contributed by atoms with Crippen molar-refractivity contribution in [2.75, 3.05) is 18.1 Å². The smallest absolute Gasteiger partial charge is 0.205 e. The van der Waals surface area contributed by atoms with E-state index in [1.54, 1.807) is 6.92 Å². The van der Waals surface area contributed by atoms with Gasteiger partial charge in [0.15, 0.2) is 9.84 Å². The topological polar surface area (TPSA) is 96.6 Å². The summed E-state index contributed by atoms with van der Waals surface area (Å²) in [7, 11) is -2.96. The number of sulfone groups is 1. The van der Waals surface area contributed by atoms with Crippen LogP contribution in [0.4, 0.5) is 0 Å². The quantitative estimate of drug-likeness (QED) is 0.252. The Morgan fingerprint density at radius 1 is 1.47 bits per heavy atom. The fourth-order valence-corrected chi connectivity index (χ4v) is 1.51. The van der Waals surface area contributed by atoms with Gasteiger partial charge in [0.05, 0.1) is 12.3 Å². The summed E-state index contributed by atoms with van der Waals surface area (Å²) in [5.41, 5.74) is 2.38. The zero-order chi connectivity index (χ0) is 11.9. The average molecular weight is 236 g/mol. The van der Waals surface area contributed by atoms with Gasteiger partial charge in [0.1, 0.15) is 0 Å². The van der Waals surface area contributed by atoms with Crippen LogP contribution < -0.4 is 16.6 Å². The summed E-state index contributed by atoms with van der Waals surface area (Å²) in [6, 6.07) is 0.197. The number of nitrogens with zero attached hydrogens (tertiary/aromatic N) is 1. The number of hydrogen-bond donors (Lipinski definition) is 3. The Morgan fingerprint density at radius 2 is 2.07 bits per heavy atom. The van der Waals surface area contributed by atoms with Gasteiger partial charge in [-0.1, -0.05) is 6.92 Å². The lowest BCUT2D eigenvalue weighted by Gasteiger charge is -2.11. The Hall–Kier alpha value is -0.820. The molecule has 4 N–H and O–H groups in total. The highest BCUT2D eigenvalue weighted by molar-refractivity contribution is 7.91. The first-order valence-electron chi connectivity index (χ1n) is 4.89. The molecule has 0 saturated heterocycles. The maximum Gasteiger partial charge on any atom is 0.205 e. The van der Waals surface area contributed by atoms with E-state index in [0.29, 0.717) is 5.96 Å². The van der Waals surface area contributed by atoms with Crippen LogP contribution in [-0.2, 0) is 9.84 Å². The second-order valence-corrected chi connectivity index (χ2v) is 5.88. The molecule has 0 aliphatic rings. The first kappa shape index (κ1) is 14.2.